The molecule has 2 rings (SSSR count). The average molecular weight is 298 g/mol. The van der Waals surface area contributed by atoms with Crippen molar-refractivity contribution in [3.63, 3.8) is 0 Å². The fraction of sp³-hybridized carbons (Fsp3) is 0.300. The summed E-state index contributed by atoms with van der Waals surface area (Å²) in [4.78, 5) is 11.6. The van der Waals surface area contributed by atoms with E-state index in [4.69, 9.17) is 11.6 Å². The molecule has 8 heteroatoms. The van der Waals surface area contributed by atoms with Crippen molar-refractivity contribution >= 4 is 34.4 Å². The van der Waals surface area contributed by atoms with E-state index in [1.807, 2.05) is 0 Å². The van der Waals surface area contributed by atoms with Crippen molar-refractivity contribution in [2.45, 2.75) is 11.4 Å². The lowest BCUT2D eigenvalue weighted by atomic mass is 10.0. The summed E-state index contributed by atoms with van der Waals surface area (Å²) in [6, 6.07) is 1.85. The van der Waals surface area contributed by atoms with Crippen LogP contribution >= 0.6 is 11.6 Å². The first-order valence-corrected chi connectivity index (χ1v) is 6.76. The van der Waals surface area contributed by atoms with Gasteiger partial charge in [0.2, 0.25) is 5.25 Å². The molecular weight excluding hydrogens is 291 g/mol. The monoisotopic (exact) mass is 297 g/mol. The molecule has 1 amide bonds. The third-order valence-electron chi connectivity index (χ3n) is 2.58. The normalized spacial score (nSPS) is 20.6. The predicted molar refractivity (Wildman–Crippen MR) is 61.9 cm³/mol. The van der Waals surface area contributed by atoms with Crippen molar-refractivity contribution in [3.8, 4) is 0 Å². The highest BCUT2D eigenvalue weighted by atomic mass is 35.5. The standard InChI is InChI=1S/C10H7ClF3NO2S/c1-18(17)8-6-4(10(12,13)14)2-3-5(11)7(6)15-9(8)16/h2-3,8H,1H3,(H,15,16). The SMILES string of the molecule is C[S+]([O-])C1C(=O)Nc2c(Cl)ccc(C(F)(F)F)c21. The molecule has 2 unspecified atom stereocenters. The molecule has 1 N–H and O–H groups in total. The number of amides is 1. The van der Waals surface area contributed by atoms with E-state index in [1.165, 1.54) is 6.26 Å². The van der Waals surface area contributed by atoms with Gasteiger partial charge in [0.1, 0.15) is 0 Å². The number of halogens is 4. The smallest absolute Gasteiger partial charge is 0.416 e. The molecule has 3 nitrogen and oxygen atoms in total. The molecule has 0 aliphatic carbocycles. The minimum atomic E-state index is -4.63. The molecule has 0 radical (unpaired) electrons. The van der Waals surface area contributed by atoms with Crippen LogP contribution in [-0.4, -0.2) is 16.7 Å². The summed E-state index contributed by atoms with van der Waals surface area (Å²) in [5.74, 6) is -0.732. The van der Waals surface area contributed by atoms with Crippen molar-refractivity contribution in [1.29, 1.82) is 0 Å². The minimum absolute atomic E-state index is 0.000648. The number of nitrogens with one attached hydrogen (secondary N) is 1. The summed E-state index contributed by atoms with van der Waals surface area (Å²) in [5.41, 5.74) is -1.42. The highest BCUT2D eigenvalue weighted by molar-refractivity contribution is 7.91. The Morgan fingerprint density at radius 2 is 2.06 bits per heavy atom. The van der Waals surface area contributed by atoms with Gasteiger partial charge in [-0.05, 0) is 23.3 Å². The van der Waals surface area contributed by atoms with Gasteiger partial charge >= 0.3 is 6.18 Å². The largest absolute Gasteiger partial charge is 0.616 e. The second kappa shape index (κ2) is 4.32. The van der Waals surface area contributed by atoms with Crippen molar-refractivity contribution in [2.75, 3.05) is 11.6 Å². The zero-order valence-electron chi connectivity index (χ0n) is 8.97. The molecule has 0 fully saturated rings. The number of hydrogen-bond donors (Lipinski definition) is 1. The van der Waals surface area contributed by atoms with Crippen LogP contribution in [0.15, 0.2) is 12.1 Å². The molecule has 1 aromatic carbocycles. The van der Waals surface area contributed by atoms with Crippen LogP contribution in [0.4, 0.5) is 18.9 Å². The summed E-state index contributed by atoms with van der Waals surface area (Å²) in [6.45, 7) is 0. The molecule has 1 heterocycles. The Kier molecular flexibility index (Phi) is 3.25. The van der Waals surface area contributed by atoms with Gasteiger partial charge in [0.25, 0.3) is 5.91 Å². The second-order valence-electron chi connectivity index (χ2n) is 3.75. The van der Waals surface area contributed by atoms with E-state index < -0.39 is 34.1 Å². The zero-order chi connectivity index (χ0) is 13.7. The number of carbonyl (C=O) groups is 1. The average Bonchev–Trinajstić information content (AvgIpc) is 2.54. The predicted octanol–water partition coefficient (Wildman–Crippen LogP) is 2.73. The lowest BCUT2D eigenvalue weighted by molar-refractivity contribution is -0.138. The minimum Gasteiger partial charge on any atom is -0.616 e. The topological polar surface area (TPSA) is 52.2 Å². The molecule has 0 aromatic heterocycles. The fourth-order valence-corrected chi connectivity index (χ4v) is 3.03. The molecule has 1 aliphatic rings. The number of fused-ring (bicyclic) bond motifs is 1. The number of benzene rings is 1. The summed E-state index contributed by atoms with van der Waals surface area (Å²) >= 11 is 3.99. The molecular formula is C10H7ClF3NO2S. The Balaban J connectivity index is 2.70. The van der Waals surface area contributed by atoms with Crippen molar-refractivity contribution in [2.24, 2.45) is 0 Å². The second-order valence-corrected chi connectivity index (χ2v) is 5.63. The Bertz CT molecular complexity index is 519. The Morgan fingerprint density at radius 1 is 1.44 bits per heavy atom. The van der Waals surface area contributed by atoms with Crippen LogP contribution in [0.2, 0.25) is 5.02 Å². The van der Waals surface area contributed by atoms with Crippen molar-refractivity contribution in [1.82, 2.24) is 0 Å². The highest BCUT2D eigenvalue weighted by Gasteiger charge is 2.47. The highest BCUT2D eigenvalue weighted by Crippen LogP contribution is 2.47. The van der Waals surface area contributed by atoms with E-state index in [0.29, 0.717) is 0 Å². The molecule has 2 atom stereocenters. The lowest BCUT2D eigenvalue weighted by Gasteiger charge is -2.16. The van der Waals surface area contributed by atoms with E-state index in [0.717, 1.165) is 12.1 Å². The summed E-state index contributed by atoms with van der Waals surface area (Å²) in [7, 11) is 0. The van der Waals surface area contributed by atoms with Gasteiger partial charge in [-0.1, -0.05) is 11.6 Å². The summed E-state index contributed by atoms with van der Waals surface area (Å²) < 4.78 is 50.0. The zero-order valence-corrected chi connectivity index (χ0v) is 10.5. The Labute approximate surface area is 108 Å². The van der Waals surface area contributed by atoms with E-state index >= 15 is 0 Å². The maximum atomic E-state index is 12.9. The number of hydrogen-bond acceptors (Lipinski definition) is 2. The third-order valence-corrected chi connectivity index (χ3v) is 4.01. The Morgan fingerprint density at radius 3 is 2.56 bits per heavy atom. The van der Waals surface area contributed by atoms with Gasteiger partial charge in [0.15, 0.2) is 0 Å². The molecule has 1 aliphatic heterocycles. The van der Waals surface area contributed by atoms with Crippen LogP contribution in [0.3, 0.4) is 0 Å². The van der Waals surface area contributed by atoms with Gasteiger partial charge in [-0.2, -0.15) is 13.2 Å². The van der Waals surface area contributed by atoms with Crippen molar-refractivity contribution < 1.29 is 22.5 Å². The number of alkyl halides is 3. The van der Waals surface area contributed by atoms with Crippen LogP contribution < -0.4 is 5.32 Å². The van der Waals surface area contributed by atoms with Gasteiger partial charge in [0, 0.05) is 0 Å². The third kappa shape index (κ3) is 2.06. The van der Waals surface area contributed by atoms with Crippen LogP contribution in [0.1, 0.15) is 16.4 Å². The molecule has 1 aromatic rings. The molecule has 0 bridgehead atoms. The summed E-state index contributed by atoms with van der Waals surface area (Å²) in [5, 5.41) is 0.907. The van der Waals surface area contributed by atoms with Crippen LogP contribution in [-0.2, 0) is 22.1 Å². The van der Waals surface area contributed by atoms with Gasteiger partial charge < -0.3 is 9.87 Å². The number of carbonyl (C=O) groups excluding carboxylic acids is 1. The first-order chi connectivity index (χ1) is 8.23. The van der Waals surface area contributed by atoms with Crippen LogP contribution in [0.5, 0.6) is 0 Å². The molecule has 18 heavy (non-hydrogen) atoms. The fourth-order valence-electron chi connectivity index (χ4n) is 1.88. The first-order valence-electron chi connectivity index (χ1n) is 4.76. The van der Waals surface area contributed by atoms with Gasteiger partial charge in [-0.25, -0.2) is 0 Å². The van der Waals surface area contributed by atoms with Gasteiger partial charge in [-0.15, -0.1) is 0 Å². The molecule has 0 saturated carbocycles. The molecule has 0 saturated heterocycles. The van der Waals surface area contributed by atoms with E-state index in [-0.39, 0.29) is 16.3 Å². The van der Waals surface area contributed by atoms with Gasteiger partial charge in [0.05, 0.1) is 28.1 Å². The van der Waals surface area contributed by atoms with Gasteiger partial charge in [-0.3, -0.25) is 4.79 Å². The number of anilines is 1. The van der Waals surface area contributed by atoms with Crippen molar-refractivity contribution in [3.05, 3.63) is 28.3 Å². The van der Waals surface area contributed by atoms with E-state index in [1.54, 1.807) is 0 Å². The van der Waals surface area contributed by atoms with Crippen LogP contribution in [0.25, 0.3) is 0 Å². The van der Waals surface area contributed by atoms with E-state index in [2.05, 4.69) is 5.32 Å². The molecule has 0 spiro atoms. The number of rotatable bonds is 1. The summed E-state index contributed by atoms with van der Waals surface area (Å²) in [6.07, 6.45) is -3.45. The maximum Gasteiger partial charge on any atom is 0.416 e. The molecule has 98 valence electrons. The van der Waals surface area contributed by atoms with Crippen LogP contribution in [0, 0.1) is 0 Å². The maximum absolute atomic E-state index is 12.9. The lowest BCUT2D eigenvalue weighted by Crippen LogP contribution is -2.22. The first kappa shape index (κ1) is 13.5. The van der Waals surface area contributed by atoms with E-state index in [9.17, 15) is 22.5 Å². The quantitative estimate of drug-likeness (QED) is 0.810. The Hall–Kier alpha value is -0.920.